The van der Waals surface area contributed by atoms with E-state index in [0.29, 0.717) is 12.6 Å². The topological polar surface area (TPSA) is 92.5 Å². The molecule has 0 bridgehead atoms. The number of guanidine groups is 1. The Kier molecular flexibility index (Phi) is 10.3. The maximum Gasteiger partial charge on any atom is 0.269 e. The van der Waals surface area contributed by atoms with E-state index in [1.54, 1.807) is 18.3 Å². The van der Waals surface area contributed by atoms with Gasteiger partial charge in [-0.1, -0.05) is 25.1 Å². The molecule has 0 amide bonds. The van der Waals surface area contributed by atoms with Crippen LogP contribution in [0.2, 0.25) is 0 Å². The molecule has 1 unspecified atom stereocenters. The fourth-order valence-electron chi connectivity index (χ4n) is 2.24. The Hall–Kier alpha value is -2.23. The highest BCUT2D eigenvalue weighted by Gasteiger charge is 2.06. The van der Waals surface area contributed by atoms with Crippen molar-refractivity contribution in [1.29, 1.82) is 0 Å². The zero-order valence-electron chi connectivity index (χ0n) is 15.6. The molecular weight excluding hydrogens is 457 g/mol. The van der Waals surface area contributed by atoms with Crippen molar-refractivity contribution in [2.45, 2.75) is 39.3 Å². The molecule has 1 atom stereocenters. The molecule has 2 rings (SSSR count). The van der Waals surface area contributed by atoms with Gasteiger partial charge in [0, 0.05) is 43.0 Å². The van der Waals surface area contributed by atoms with Crippen molar-refractivity contribution < 1.29 is 4.92 Å². The Morgan fingerprint density at radius 1 is 1.26 bits per heavy atom. The van der Waals surface area contributed by atoms with Crippen LogP contribution in [0.4, 0.5) is 5.69 Å². The van der Waals surface area contributed by atoms with Gasteiger partial charge in [-0.15, -0.1) is 24.0 Å². The van der Waals surface area contributed by atoms with E-state index in [-0.39, 0.29) is 29.7 Å². The number of aromatic nitrogens is 1. The summed E-state index contributed by atoms with van der Waals surface area (Å²) >= 11 is 0. The van der Waals surface area contributed by atoms with Crippen LogP contribution < -0.4 is 10.6 Å². The largest absolute Gasteiger partial charge is 0.356 e. The maximum absolute atomic E-state index is 10.7. The van der Waals surface area contributed by atoms with Crippen LogP contribution in [-0.2, 0) is 13.0 Å². The van der Waals surface area contributed by atoms with Gasteiger partial charge in [0.15, 0.2) is 5.96 Å². The second-order valence-electron chi connectivity index (χ2n) is 6.04. The van der Waals surface area contributed by atoms with Crippen LogP contribution in [0.3, 0.4) is 0 Å². The molecule has 7 nitrogen and oxygen atoms in total. The molecule has 0 spiro atoms. The molecule has 0 aliphatic heterocycles. The maximum atomic E-state index is 10.7. The van der Waals surface area contributed by atoms with E-state index < -0.39 is 4.92 Å². The number of pyridine rings is 1. The van der Waals surface area contributed by atoms with Crippen LogP contribution in [0.25, 0.3) is 0 Å². The summed E-state index contributed by atoms with van der Waals surface area (Å²) in [6.45, 7) is 5.38. The number of aliphatic imine (C=N–C) groups is 1. The van der Waals surface area contributed by atoms with E-state index in [1.807, 2.05) is 18.2 Å². The smallest absolute Gasteiger partial charge is 0.269 e. The number of halogens is 1. The van der Waals surface area contributed by atoms with Crippen LogP contribution in [0, 0.1) is 10.1 Å². The van der Waals surface area contributed by atoms with Gasteiger partial charge in [-0.2, -0.15) is 0 Å². The monoisotopic (exact) mass is 483 g/mol. The van der Waals surface area contributed by atoms with Crippen LogP contribution >= 0.6 is 24.0 Å². The first-order valence-corrected chi connectivity index (χ1v) is 8.76. The minimum atomic E-state index is -0.401. The molecule has 2 aromatic rings. The molecule has 1 aromatic carbocycles. The molecule has 2 N–H and O–H groups in total. The number of nitrogens with one attached hydrogen (secondary N) is 2. The number of nitro benzene ring substituents is 1. The second-order valence-corrected chi connectivity index (χ2v) is 6.04. The summed E-state index contributed by atoms with van der Waals surface area (Å²) in [5.41, 5.74) is 2.04. The molecule has 27 heavy (non-hydrogen) atoms. The van der Waals surface area contributed by atoms with Gasteiger partial charge in [-0.25, -0.2) is 4.99 Å². The standard InChI is InChI=1S/C19H25N5O2.HI/c1-3-15(2)23-19(21-13-11-17-6-4-5-12-20-17)22-14-16-7-9-18(10-8-16)24(25)26;/h4-10,12,15H,3,11,13-14H2,1-2H3,(H2,21,22,23);1H. The molecule has 0 fully saturated rings. The highest BCUT2D eigenvalue weighted by atomic mass is 127. The SMILES string of the molecule is CCC(C)NC(=NCc1ccc([N+](=O)[O-])cc1)NCCc1ccccn1.I. The van der Waals surface area contributed by atoms with Crippen molar-refractivity contribution >= 4 is 35.6 Å². The van der Waals surface area contributed by atoms with Gasteiger partial charge in [0.25, 0.3) is 5.69 Å². The molecule has 1 heterocycles. The van der Waals surface area contributed by atoms with Crippen molar-refractivity contribution in [3.8, 4) is 0 Å². The summed E-state index contributed by atoms with van der Waals surface area (Å²) in [7, 11) is 0. The molecule has 8 heteroatoms. The number of nitrogens with zero attached hydrogens (tertiary/aromatic N) is 3. The first-order chi connectivity index (χ1) is 12.6. The molecule has 0 saturated heterocycles. The summed E-state index contributed by atoms with van der Waals surface area (Å²) in [6.07, 6.45) is 3.58. The predicted octanol–water partition coefficient (Wildman–Crippen LogP) is 3.68. The summed E-state index contributed by atoms with van der Waals surface area (Å²) in [6, 6.07) is 12.6. The quantitative estimate of drug-likeness (QED) is 0.197. The number of hydrogen-bond donors (Lipinski definition) is 2. The molecule has 0 aliphatic carbocycles. The summed E-state index contributed by atoms with van der Waals surface area (Å²) in [5, 5.41) is 17.4. The predicted molar refractivity (Wildman–Crippen MR) is 118 cm³/mol. The average molecular weight is 483 g/mol. The van der Waals surface area contributed by atoms with Crippen molar-refractivity contribution in [3.63, 3.8) is 0 Å². The van der Waals surface area contributed by atoms with Crippen molar-refractivity contribution in [2.24, 2.45) is 4.99 Å². The van der Waals surface area contributed by atoms with Crippen molar-refractivity contribution in [1.82, 2.24) is 15.6 Å². The van der Waals surface area contributed by atoms with Gasteiger partial charge >= 0.3 is 0 Å². The molecule has 0 radical (unpaired) electrons. The summed E-state index contributed by atoms with van der Waals surface area (Å²) < 4.78 is 0. The first-order valence-electron chi connectivity index (χ1n) is 8.76. The lowest BCUT2D eigenvalue weighted by molar-refractivity contribution is -0.384. The minimum Gasteiger partial charge on any atom is -0.356 e. The number of hydrogen-bond acceptors (Lipinski definition) is 4. The normalized spacial score (nSPS) is 12.0. The number of benzene rings is 1. The van der Waals surface area contributed by atoms with Crippen LogP contribution in [0.1, 0.15) is 31.5 Å². The lowest BCUT2D eigenvalue weighted by Crippen LogP contribution is -2.42. The second kappa shape index (κ2) is 12.2. The van der Waals surface area contributed by atoms with E-state index in [9.17, 15) is 10.1 Å². The molecular formula is C19H26IN5O2. The first kappa shape index (κ1) is 22.8. The summed E-state index contributed by atoms with van der Waals surface area (Å²) in [5.74, 6) is 0.730. The van der Waals surface area contributed by atoms with E-state index in [0.717, 1.165) is 36.6 Å². The van der Waals surface area contributed by atoms with Crippen LogP contribution in [0.15, 0.2) is 53.7 Å². The highest BCUT2D eigenvalue weighted by Crippen LogP contribution is 2.12. The van der Waals surface area contributed by atoms with Crippen molar-refractivity contribution in [3.05, 3.63) is 70.0 Å². The van der Waals surface area contributed by atoms with Gasteiger partial charge in [0.05, 0.1) is 11.5 Å². The Morgan fingerprint density at radius 3 is 2.59 bits per heavy atom. The lowest BCUT2D eigenvalue weighted by Gasteiger charge is -2.17. The fraction of sp³-hybridized carbons (Fsp3) is 0.368. The van der Waals surface area contributed by atoms with Gasteiger partial charge in [0.1, 0.15) is 0 Å². The Morgan fingerprint density at radius 2 is 2.00 bits per heavy atom. The van der Waals surface area contributed by atoms with Gasteiger partial charge in [-0.05, 0) is 31.0 Å². The Balaban J connectivity index is 0.00000364. The zero-order valence-corrected chi connectivity index (χ0v) is 17.9. The number of non-ortho nitro benzene ring substituents is 1. The molecule has 1 aromatic heterocycles. The zero-order chi connectivity index (χ0) is 18.8. The fourth-order valence-corrected chi connectivity index (χ4v) is 2.24. The third-order valence-electron chi connectivity index (χ3n) is 3.96. The van der Waals surface area contributed by atoms with E-state index in [2.05, 4.69) is 34.5 Å². The highest BCUT2D eigenvalue weighted by molar-refractivity contribution is 14.0. The Labute approximate surface area is 176 Å². The average Bonchev–Trinajstić information content (AvgIpc) is 2.67. The number of nitro groups is 1. The van der Waals surface area contributed by atoms with E-state index >= 15 is 0 Å². The van der Waals surface area contributed by atoms with Gasteiger partial charge in [0.2, 0.25) is 0 Å². The van der Waals surface area contributed by atoms with E-state index in [1.165, 1.54) is 12.1 Å². The van der Waals surface area contributed by atoms with Gasteiger partial charge in [-0.3, -0.25) is 15.1 Å². The number of rotatable bonds is 8. The molecule has 0 aliphatic rings. The summed E-state index contributed by atoms with van der Waals surface area (Å²) in [4.78, 5) is 19.2. The van der Waals surface area contributed by atoms with E-state index in [4.69, 9.17) is 0 Å². The molecule has 0 saturated carbocycles. The van der Waals surface area contributed by atoms with Crippen molar-refractivity contribution in [2.75, 3.05) is 6.54 Å². The van der Waals surface area contributed by atoms with Crippen LogP contribution in [0.5, 0.6) is 0 Å². The third-order valence-corrected chi connectivity index (χ3v) is 3.96. The lowest BCUT2D eigenvalue weighted by atomic mass is 10.2. The Bertz CT molecular complexity index is 723. The third kappa shape index (κ3) is 8.33. The van der Waals surface area contributed by atoms with Gasteiger partial charge < -0.3 is 10.6 Å². The minimum absolute atomic E-state index is 0. The molecule has 146 valence electrons. The van der Waals surface area contributed by atoms with Crippen LogP contribution in [-0.4, -0.2) is 28.5 Å².